The standard InChI is InChI=1S/C30H41N3O5S/c1-6-10-18-38-29(37)24-23-15-16-30(39-23)25(24)27(35)33(20(5)19-34)26(30)28(36)32(17-7-2)22-13-11-21(12-14-22)31(8-3)9-4/h6-7,11-14,20,23-26,34H,1-2,8-10,15-19H2,3-5H3/t20-,23-,24+,25+,26?,30?/m1/s1. The Morgan fingerprint density at radius 1 is 1.21 bits per heavy atom. The molecule has 9 heteroatoms. The van der Waals surface area contributed by atoms with Crippen molar-refractivity contribution in [3.63, 3.8) is 0 Å². The summed E-state index contributed by atoms with van der Waals surface area (Å²) in [5.41, 5.74) is 1.79. The zero-order valence-corrected chi connectivity index (χ0v) is 24.1. The molecule has 3 saturated heterocycles. The first-order valence-corrected chi connectivity index (χ1v) is 14.8. The van der Waals surface area contributed by atoms with E-state index < -0.39 is 28.7 Å². The van der Waals surface area contributed by atoms with Crippen molar-refractivity contribution in [3.8, 4) is 0 Å². The minimum atomic E-state index is -0.805. The molecule has 3 aliphatic rings. The van der Waals surface area contributed by atoms with Gasteiger partial charge in [-0.1, -0.05) is 12.2 Å². The minimum absolute atomic E-state index is 0.0710. The van der Waals surface area contributed by atoms with Gasteiger partial charge in [-0.3, -0.25) is 14.4 Å². The highest BCUT2D eigenvalue weighted by Gasteiger charge is 2.74. The van der Waals surface area contributed by atoms with E-state index in [1.54, 1.807) is 40.6 Å². The van der Waals surface area contributed by atoms with Crippen LogP contribution in [-0.2, 0) is 19.1 Å². The molecule has 1 spiro atoms. The van der Waals surface area contributed by atoms with E-state index in [9.17, 15) is 19.5 Å². The average molecular weight is 556 g/mol. The van der Waals surface area contributed by atoms with Crippen LogP contribution >= 0.6 is 11.8 Å². The molecule has 0 aromatic heterocycles. The van der Waals surface area contributed by atoms with Crippen LogP contribution in [0.25, 0.3) is 0 Å². The first kappa shape index (κ1) is 29.2. The molecule has 1 N–H and O–H groups in total. The molecule has 2 amide bonds. The lowest BCUT2D eigenvalue weighted by atomic mass is 9.71. The Morgan fingerprint density at radius 2 is 1.87 bits per heavy atom. The summed E-state index contributed by atoms with van der Waals surface area (Å²) in [6.45, 7) is 15.5. The van der Waals surface area contributed by atoms with E-state index in [0.29, 0.717) is 12.8 Å². The van der Waals surface area contributed by atoms with Crippen molar-refractivity contribution in [1.82, 2.24) is 4.90 Å². The summed E-state index contributed by atoms with van der Waals surface area (Å²) in [6, 6.07) is 6.50. The van der Waals surface area contributed by atoms with Gasteiger partial charge < -0.3 is 24.5 Å². The van der Waals surface area contributed by atoms with Gasteiger partial charge in [0.2, 0.25) is 5.91 Å². The van der Waals surface area contributed by atoms with Crippen LogP contribution in [0.4, 0.5) is 11.4 Å². The Bertz CT molecular complexity index is 1090. The molecule has 2 unspecified atom stereocenters. The van der Waals surface area contributed by atoms with E-state index >= 15 is 0 Å². The lowest BCUT2D eigenvalue weighted by Gasteiger charge is -2.39. The SMILES string of the molecule is C=CCCOC(=O)[C@@H]1[C@H]2C(=O)N([C@H](C)CO)C(C(=O)N(CC=C)c3ccc(N(CC)CC)cc3)C23CC[C@H]1S3. The Kier molecular flexibility index (Phi) is 9.11. The fraction of sp³-hybridized carbons (Fsp3) is 0.567. The monoisotopic (exact) mass is 555 g/mol. The predicted octanol–water partition coefficient (Wildman–Crippen LogP) is 3.64. The van der Waals surface area contributed by atoms with Gasteiger partial charge in [0, 0.05) is 36.3 Å². The van der Waals surface area contributed by atoms with Crippen molar-refractivity contribution < 1.29 is 24.2 Å². The molecule has 4 rings (SSSR count). The third-order valence-corrected chi connectivity index (χ3v) is 10.4. The molecule has 39 heavy (non-hydrogen) atoms. The van der Waals surface area contributed by atoms with Gasteiger partial charge in [0.05, 0.1) is 35.8 Å². The van der Waals surface area contributed by atoms with E-state index in [0.717, 1.165) is 30.9 Å². The van der Waals surface area contributed by atoms with Crippen molar-refractivity contribution in [2.24, 2.45) is 11.8 Å². The average Bonchev–Trinajstić information content (AvgIpc) is 3.59. The van der Waals surface area contributed by atoms with E-state index in [2.05, 4.69) is 31.9 Å². The third-order valence-electron chi connectivity index (χ3n) is 8.42. The number of rotatable bonds is 13. The van der Waals surface area contributed by atoms with Crippen LogP contribution in [-0.4, -0.2) is 82.7 Å². The summed E-state index contributed by atoms with van der Waals surface area (Å²) in [7, 11) is 0. The second-order valence-electron chi connectivity index (χ2n) is 10.5. The second-order valence-corrected chi connectivity index (χ2v) is 12.1. The number of fused-ring (bicyclic) bond motifs is 1. The van der Waals surface area contributed by atoms with E-state index in [4.69, 9.17) is 4.74 Å². The Morgan fingerprint density at radius 3 is 2.46 bits per heavy atom. The molecule has 0 radical (unpaired) electrons. The summed E-state index contributed by atoms with van der Waals surface area (Å²) in [5.74, 6) is -2.10. The van der Waals surface area contributed by atoms with Crippen LogP contribution in [0.5, 0.6) is 0 Å². The summed E-state index contributed by atoms with van der Waals surface area (Å²) < 4.78 is 4.79. The summed E-state index contributed by atoms with van der Waals surface area (Å²) in [4.78, 5) is 47.2. The first-order valence-electron chi connectivity index (χ1n) is 13.9. The number of anilines is 2. The van der Waals surface area contributed by atoms with E-state index in [1.807, 2.05) is 24.3 Å². The van der Waals surface area contributed by atoms with Gasteiger partial charge in [-0.05, 0) is 64.3 Å². The van der Waals surface area contributed by atoms with Gasteiger partial charge in [-0.2, -0.15) is 0 Å². The van der Waals surface area contributed by atoms with Crippen molar-refractivity contribution in [3.05, 3.63) is 49.6 Å². The molecular weight excluding hydrogens is 514 g/mol. The number of aliphatic hydroxyl groups is 1. The first-order chi connectivity index (χ1) is 18.8. The van der Waals surface area contributed by atoms with E-state index in [-0.39, 0.29) is 42.8 Å². The van der Waals surface area contributed by atoms with Crippen LogP contribution in [0.2, 0.25) is 0 Å². The van der Waals surface area contributed by atoms with Crippen LogP contribution < -0.4 is 9.80 Å². The molecule has 1 aromatic carbocycles. The van der Waals surface area contributed by atoms with Crippen LogP contribution in [0, 0.1) is 11.8 Å². The number of hydrogen-bond acceptors (Lipinski definition) is 7. The normalized spacial score (nSPS) is 27.7. The molecule has 0 aliphatic carbocycles. The highest BCUT2D eigenvalue weighted by Crippen LogP contribution is 2.67. The van der Waals surface area contributed by atoms with Crippen molar-refractivity contribution in [1.29, 1.82) is 0 Å². The number of carbonyl (C=O) groups is 3. The molecule has 1 aromatic rings. The molecule has 2 bridgehead atoms. The largest absolute Gasteiger partial charge is 0.465 e. The van der Waals surface area contributed by atoms with Crippen LogP contribution in [0.15, 0.2) is 49.6 Å². The molecule has 3 fully saturated rings. The summed E-state index contributed by atoms with van der Waals surface area (Å²) >= 11 is 1.59. The van der Waals surface area contributed by atoms with E-state index in [1.165, 1.54) is 0 Å². The maximum absolute atomic E-state index is 14.5. The molecule has 3 aliphatic heterocycles. The second kappa shape index (κ2) is 12.2. The quantitative estimate of drug-likeness (QED) is 0.226. The fourth-order valence-corrected chi connectivity index (χ4v) is 8.76. The Balaban J connectivity index is 1.71. The van der Waals surface area contributed by atoms with Gasteiger partial charge in [-0.25, -0.2) is 0 Å². The topological polar surface area (TPSA) is 90.4 Å². The molecule has 3 heterocycles. The lowest BCUT2D eigenvalue weighted by Crippen LogP contribution is -2.57. The number of thioether (sulfide) groups is 1. The minimum Gasteiger partial charge on any atom is -0.465 e. The Labute approximate surface area is 236 Å². The van der Waals surface area contributed by atoms with Gasteiger partial charge >= 0.3 is 5.97 Å². The van der Waals surface area contributed by atoms with Crippen molar-refractivity contribution >= 4 is 40.9 Å². The smallest absolute Gasteiger partial charge is 0.310 e. The zero-order chi connectivity index (χ0) is 28.3. The maximum Gasteiger partial charge on any atom is 0.310 e. The number of esters is 1. The summed E-state index contributed by atoms with van der Waals surface area (Å²) in [5, 5.41) is 10.0. The van der Waals surface area contributed by atoms with Gasteiger partial charge in [0.1, 0.15) is 6.04 Å². The number of amides is 2. The Hall–Kier alpha value is -2.78. The fourth-order valence-electron chi connectivity index (χ4n) is 6.57. The molecule has 6 atom stereocenters. The highest BCUT2D eigenvalue weighted by atomic mass is 32.2. The van der Waals surface area contributed by atoms with Gasteiger partial charge in [0.15, 0.2) is 0 Å². The number of carbonyl (C=O) groups excluding carboxylic acids is 3. The maximum atomic E-state index is 14.5. The molecular formula is C30H41N3O5S. The third kappa shape index (κ3) is 4.99. The van der Waals surface area contributed by atoms with Crippen LogP contribution in [0.3, 0.4) is 0 Å². The number of likely N-dealkylation sites (tertiary alicyclic amines) is 1. The van der Waals surface area contributed by atoms with Gasteiger partial charge in [0.25, 0.3) is 5.91 Å². The molecule has 0 saturated carbocycles. The predicted molar refractivity (Wildman–Crippen MR) is 156 cm³/mol. The van der Waals surface area contributed by atoms with Crippen molar-refractivity contribution in [2.45, 2.75) is 62.1 Å². The summed E-state index contributed by atoms with van der Waals surface area (Å²) in [6.07, 6.45) is 5.30. The number of ether oxygens (including phenoxy) is 1. The number of hydrogen-bond donors (Lipinski definition) is 1. The number of nitrogens with zero attached hydrogens (tertiary/aromatic N) is 3. The van der Waals surface area contributed by atoms with Crippen molar-refractivity contribution in [2.75, 3.05) is 42.6 Å². The highest BCUT2D eigenvalue weighted by molar-refractivity contribution is 8.02. The number of aliphatic hydroxyl groups excluding tert-OH is 1. The number of benzene rings is 1. The zero-order valence-electron chi connectivity index (χ0n) is 23.3. The molecule has 8 nitrogen and oxygen atoms in total. The molecule has 212 valence electrons. The lowest BCUT2D eigenvalue weighted by molar-refractivity contribution is -0.154. The van der Waals surface area contributed by atoms with Gasteiger partial charge in [-0.15, -0.1) is 24.9 Å². The van der Waals surface area contributed by atoms with Crippen LogP contribution in [0.1, 0.15) is 40.0 Å².